The molecule has 0 radical (unpaired) electrons. The zero-order chi connectivity index (χ0) is 16.9. The van der Waals surface area contributed by atoms with Crippen molar-refractivity contribution in [1.29, 1.82) is 0 Å². The first-order valence-electron chi connectivity index (χ1n) is 7.97. The molecule has 24 heavy (non-hydrogen) atoms. The number of amides is 1. The van der Waals surface area contributed by atoms with Crippen LogP contribution in [0.5, 0.6) is 5.75 Å². The van der Waals surface area contributed by atoms with Gasteiger partial charge in [-0.3, -0.25) is 4.79 Å². The zero-order valence-electron chi connectivity index (χ0n) is 13.5. The Hall–Kier alpha value is -2.82. The summed E-state index contributed by atoms with van der Waals surface area (Å²) in [6.45, 7) is 2.75. The smallest absolute Gasteiger partial charge is 0.338 e. The summed E-state index contributed by atoms with van der Waals surface area (Å²) in [7, 11) is 0. The molecule has 1 aliphatic heterocycles. The lowest BCUT2D eigenvalue weighted by Crippen LogP contribution is -2.33. The van der Waals surface area contributed by atoms with Crippen molar-refractivity contribution in [2.75, 3.05) is 24.7 Å². The summed E-state index contributed by atoms with van der Waals surface area (Å²) in [5, 5.41) is 0. The average Bonchev–Trinajstić information content (AvgIpc) is 3.04. The molecule has 0 saturated heterocycles. The second-order valence-corrected chi connectivity index (χ2v) is 5.46. The summed E-state index contributed by atoms with van der Waals surface area (Å²) in [5.41, 5.74) is 2.61. The summed E-state index contributed by atoms with van der Waals surface area (Å²) in [6.07, 6.45) is 0.871. The van der Waals surface area contributed by atoms with Crippen molar-refractivity contribution in [2.45, 2.75) is 13.3 Å². The average molecular weight is 325 g/mol. The van der Waals surface area contributed by atoms with E-state index in [1.165, 1.54) is 5.56 Å². The zero-order valence-corrected chi connectivity index (χ0v) is 13.5. The Morgan fingerprint density at radius 3 is 2.58 bits per heavy atom. The Morgan fingerprint density at radius 1 is 1.08 bits per heavy atom. The van der Waals surface area contributed by atoms with Gasteiger partial charge in [-0.25, -0.2) is 4.79 Å². The standard InChI is InChI=1S/C19H19NO4/c1-2-23-19(22)15-7-9-16(10-8-15)24-13-18(21)20-12-11-14-5-3-4-6-17(14)20/h3-10H,2,11-13H2,1H3. The molecular formula is C19H19NO4. The highest BCUT2D eigenvalue weighted by Crippen LogP contribution is 2.27. The van der Waals surface area contributed by atoms with Gasteiger partial charge in [-0.05, 0) is 49.2 Å². The fourth-order valence-electron chi connectivity index (χ4n) is 2.72. The van der Waals surface area contributed by atoms with Crippen molar-refractivity contribution in [3.63, 3.8) is 0 Å². The first-order valence-corrected chi connectivity index (χ1v) is 7.97. The Balaban J connectivity index is 1.58. The van der Waals surface area contributed by atoms with Gasteiger partial charge in [-0.2, -0.15) is 0 Å². The van der Waals surface area contributed by atoms with Crippen molar-refractivity contribution >= 4 is 17.6 Å². The van der Waals surface area contributed by atoms with Gasteiger partial charge in [0.05, 0.1) is 12.2 Å². The van der Waals surface area contributed by atoms with E-state index < -0.39 is 0 Å². The topological polar surface area (TPSA) is 55.8 Å². The van der Waals surface area contributed by atoms with E-state index in [0.717, 1.165) is 12.1 Å². The van der Waals surface area contributed by atoms with Crippen LogP contribution in [0.2, 0.25) is 0 Å². The van der Waals surface area contributed by atoms with Gasteiger partial charge in [0.2, 0.25) is 0 Å². The van der Waals surface area contributed by atoms with Crippen LogP contribution in [0.25, 0.3) is 0 Å². The van der Waals surface area contributed by atoms with E-state index in [1.54, 1.807) is 36.1 Å². The van der Waals surface area contributed by atoms with Crippen LogP contribution in [-0.4, -0.2) is 31.6 Å². The van der Waals surface area contributed by atoms with Crippen LogP contribution < -0.4 is 9.64 Å². The van der Waals surface area contributed by atoms with Crippen molar-refractivity contribution in [2.24, 2.45) is 0 Å². The number of carbonyl (C=O) groups is 2. The number of ether oxygens (including phenoxy) is 2. The Kier molecular flexibility index (Phi) is 4.79. The monoisotopic (exact) mass is 325 g/mol. The summed E-state index contributed by atoms with van der Waals surface area (Å²) >= 11 is 0. The van der Waals surface area contributed by atoms with Crippen LogP contribution in [0.1, 0.15) is 22.8 Å². The molecule has 0 bridgehead atoms. The van der Waals surface area contributed by atoms with Crippen LogP contribution in [-0.2, 0) is 16.0 Å². The number of para-hydroxylation sites is 1. The third-order valence-corrected chi connectivity index (χ3v) is 3.92. The Labute approximate surface area is 140 Å². The molecule has 5 heteroatoms. The second kappa shape index (κ2) is 7.17. The molecule has 3 rings (SSSR count). The van der Waals surface area contributed by atoms with Gasteiger partial charge in [-0.1, -0.05) is 18.2 Å². The SMILES string of the molecule is CCOC(=O)c1ccc(OCC(=O)N2CCc3ccccc32)cc1. The van der Waals surface area contributed by atoms with Crippen molar-refractivity contribution in [3.8, 4) is 5.75 Å². The normalized spacial score (nSPS) is 12.6. The number of esters is 1. The number of carbonyl (C=O) groups excluding carboxylic acids is 2. The number of anilines is 1. The van der Waals surface area contributed by atoms with Crippen LogP contribution in [0.3, 0.4) is 0 Å². The minimum atomic E-state index is -0.367. The maximum Gasteiger partial charge on any atom is 0.338 e. The minimum absolute atomic E-state index is 0.0346. The quantitative estimate of drug-likeness (QED) is 0.793. The van der Waals surface area contributed by atoms with Gasteiger partial charge in [0, 0.05) is 12.2 Å². The molecule has 0 spiro atoms. The number of hydrogen-bond acceptors (Lipinski definition) is 4. The molecule has 124 valence electrons. The van der Waals surface area contributed by atoms with E-state index in [-0.39, 0.29) is 18.5 Å². The minimum Gasteiger partial charge on any atom is -0.484 e. The van der Waals surface area contributed by atoms with Gasteiger partial charge >= 0.3 is 5.97 Å². The van der Waals surface area contributed by atoms with Gasteiger partial charge < -0.3 is 14.4 Å². The summed E-state index contributed by atoms with van der Waals surface area (Å²) in [6, 6.07) is 14.5. The number of rotatable bonds is 5. The second-order valence-electron chi connectivity index (χ2n) is 5.46. The molecule has 0 unspecified atom stereocenters. The lowest BCUT2D eigenvalue weighted by atomic mass is 10.2. The molecule has 5 nitrogen and oxygen atoms in total. The van der Waals surface area contributed by atoms with Crippen molar-refractivity contribution in [3.05, 3.63) is 59.7 Å². The molecular weight excluding hydrogens is 306 g/mol. The molecule has 2 aromatic carbocycles. The maximum absolute atomic E-state index is 12.4. The molecule has 0 fully saturated rings. The van der Waals surface area contributed by atoms with E-state index in [2.05, 4.69) is 0 Å². The third kappa shape index (κ3) is 3.40. The van der Waals surface area contributed by atoms with Crippen LogP contribution in [0, 0.1) is 0 Å². The lowest BCUT2D eigenvalue weighted by Gasteiger charge is -2.17. The van der Waals surface area contributed by atoms with E-state index in [4.69, 9.17) is 9.47 Å². The van der Waals surface area contributed by atoms with Gasteiger partial charge in [0.15, 0.2) is 6.61 Å². The molecule has 0 atom stereocenters. The van der Waals surface area contributed by atoms with Crippen LogP contribution >= 0.6 is 0 Å². The molecule has 0 saturated carbocycles. The number of benzene rings is 2. The number of fused-ring (bicyclic) bond motifs is 1. The molecule has 0 N–H and O–H groups in total. The van der Waals surface area contributed by atoms with E-state index in [9.17, 15) is 9.59 Å². The number of hydrogen-bond donors (Lipinski definition) is 0. The molecule has 1 amide bonds. The highest BCUT2D eigenvalue weighted by Gasteiger charge is 2.24. The molecule has 0 aliphatic carbocycles. The molecule has 2 aromatic rings. The Morgan fingerprint density at radius 2 is 1.83 bits per heavy atom. The first-order chi connectivity index (χ1) is 11.7. The van der Waals surface area contributed by atoms with E-state index >= 15 is 0 Å². The van der Waals surface area contributed by atoms with Gasteiger partial charge in [0.25, 0.3) is 5.91 Å². The summed E-state index contributed by atoms with van der Waals surface area (Å²) < 4.78 is 10.5. The van der Waals surface area contributed by atoms with E-state index in [1.807, 2.05) is 24.3 Å². The molecule has 0 aromatic heterocycles. The van der Waals surface area contributed by atoms with Gasteiger partial charge in [-0.15, -0.1) is 0 Å². The van der Waals surface area contributed by atoms with Crippen LogP contribution in [0.4, 0.5) is 5.69 Å². The first kappa shape index (κ1) is 16.1. The van der Waals surface area contributed by atoms with E-state index in [0.29, 0.717) is 24.5 Å². The van der Waals surface area contributed by atoms with Crippen molar-refractivity contribution < 1.29 is 19.1 Å². The van der Waals surface area contributed by atoms with Crippen molar-refractivity contribution in [1.82, 2.24) is 0 Å². The van der Waals surface area contributed by atoms with Gasteiger partial charge in [0.1, 0.15) is 5.75 Å². The molecule has 1 aliphatic rings. The summed E-state index contributed by atoms with van der Waals surface area (Å²) in [5.74, 6) is 0.104. The highest BCUT2D eigenvalue weighted by molar-refractivity contribution is 5.96. The number of nitrogens with zero attached hydrogens (tertiary/aromatic N) is 1. The predicted octanol–water partition coefficient (Wildman–Crippen LogP) is 2.83. The fourth-order valence-corrected chi connectivity index (χ4v) is 2.72. The summed E-state index contributed by atoms with van der Waals surface area (Å²) in [4.78, 5) is 25.7. The highest BCUT2D eigenvalue weighted by atomic mass is 16.5. The van der Waals surface area contributed by atoms with Crippen LogP contribution in [0.15, 0.2) is 48.5 Å². The lowest BCUT2D eigenvalue weighted by molar-refractivity contribution is -0.120. The fraction of sp³-hybridized carbons (Fsp3) is 0.263. The Bertz CT molecular complexity index is 739. The largest absolute Gasteiger partial charge is 0.484 e. The predicted molar refractivity (Wildman–Crippen MR) is 90.4 cm³/mol. The molecule has 1 heterocycles. The maximum atomic E-state index is 12.4. The third-order valence-electron chi connectivity index (χ3n) is 3.92.